The van der Waals surface area contributed by atoms with Crippen LogP contribution >= 0.6 is 0 Å². The van der Waals surface area contributed by atoms with Crippen molar-refractivity contribution >= 4 is 0 Å². The van der Waals surface area contributed by atoms with Crippen LogP contribution in [0.4, 0.5) is 0 Å². The molecule has 3 fully saturated rings. The van der Waals surface area contributed by atoms with Gasteiger partial charge in [-0.2, -0.15) is 0 Å². The lowest BCUT2D eigenvalue weighted by Gasteiger charge is -2.45. The predicted molar refractivity (Wildman–Crippen MR) is 56.0 cm³/mol. The van der Waals surface area contributed by atoms with Gasteiger partial charge in [0.15, 0.2) is 0 Å². The predicted octanol–water partition coefficient (Wildman–Crippen LogP) is 1.86. The van der Waals surface area contributed by atoms with Gasteiger partial charge in [0, 0.05) is 0 Å². The Morgan fingerprint density at radius 3 is 2.43 bits per heavy atom. The van der Waals surface area contributed by atoms with E-state index in [-0.39, 0.29) is 0 Å². The van der Waals surface area contributed by atoms with Gasteiger partial charge in [0.2, 0.25) is 0 Å². The molecular weight excluding hydrogens is 174 g/mol. The molecule has 2 heteroatoms. The van der Waals surface area contributed by atoms with Crippen LogP contribution in [0.25, 0.3) is 0 Å². The van der Waals surface area contributed by atoms with Crippen LogP contribution in [0.3, 0.4) is 0 Å². The normalized spacial score (nSPS) is 33.4. The second-order valence-corrected chi connectivity index (χ2v) is 5.26. The standard InChI is InChI=1S/C12H20NO/c1-2-4-12(3-1)5-7-13(8-6-12)11-9-14-10-11/h1,11H,2-10H2. The van der Waals surface area contributed by atoms with Crippen LogP contribution in [0.15, 0.2) is 0 Å². The molecule has 0 amide bonds. The summed E-state index contributed by atoms with van der Waals surface area (Å²) in [6.07, 6.45) is 9.58. The smallest absolute Gasteiger partial charge is 0.0645 e. The van der Waals surface area contributed by atoms with Crippen LogP contribution in [-0.2, 0) is 4.74 Å². The number of ether oxygens (including phenoxy) is 1. The molecule has 0 aromatic rings. The Morgan fingerprint density at radius 1 is 1.14 bits per heavy atom. The summed E-state index contributed by atoms with van der Waals surface area (Å²) < 4.78 is 5.26. The summed E-state index contributed by atoms with van der Waals surface area (Å²) in [6, 6.07) is 0.762. The number of rotatable bonds is 1. The lowest BCUT2D eigenvalue weighted by atomic mass is 9.77. The Labute approximate surface area is 86.6 Å². The molecule has 2 saturated heterocycles. The van der Waals surface area contributed by atoms with Crippen molar-refractivity contribution in [3.8, 4) is 0 Å². The van der Waals surface area contributed by atoms with Crippen LogP contribution in [0.1, 0.15) is 32.1 Å². The summed E-state index contributed by atoms with van der Waals surface area (Å²) >= 11 is 0. The van der Waals surface area contributed by atoms with Crippen LogP contribution < -0.4 is 0 Å². The molecule has 3 rings (SSSR count). The Morgan fingerprint density at radius 2 is 1.93 bits per heavy atom. The van der Waals surface area contributed by atoms with E-state index in [0.29, 0.717) is 0 Å². The summed E-state index contributed by atoms with van der Waals surface area (Å²) in [7, 11) is 0. The van der Waals surface area contributed by atoms with E-state index in [9.17, 15) is 0 Å². The quantitative estimate of drug-likeness (QED) is 0.631. The van der Waals surface area contributed by atoms with Crippen LogP contribution in [0.2, 0.25) is 0 Å². The van der Waals surface area contributed by atoms with Gasteiger partial charge in [-0.15, -0.1) is 0 Å². The molecule has 79 valence electrons. The second-order valence-electron chi connectivity index (χ2n) is 5.26. The van der Waals surface area contributed by atoms with Gasteiger partial charge >= 0.3 is 0 Å². The topological polar surface area (TPSA) is 12.5 Å². The van der Waals surface area contributed by atoms with Crippen molar-refractivity contribution < 1.29 is 4.74 Å². The van der Waals surface area contributed by atoms with E-state index >= 15 is 0 Å². The number of piperidine rings is 1. The highest BCUT2D eigenvalue weighted by molar-refractivity contribution is 4.97. The molecule has 2 nitrogen and oxygen atoms in total. The highest BCUT2D eigenvalue weighted by Crippen LogP contribution is 2.46. The van der Waals surface area contributed by atoms with Crippen molar-refractivity contribution in [1.82, 2.24) is 4.90 Å². The fraction of sp³-hybridized carbons (Fsp3) is 0.917. The van der Waals surface area contributed by atoms with Crippen molar-refractivity contribution in [2.45, 2.75) is 38.1 Å². The van der Waals surface area contributed by atoms with E-state index < -0.39 is 0 Å². The van der Waals surface area contributed by atoms with E-state index in [1.54, 1.807) is 0 Å². The molecule has 0 unspecified atom stereocenters. The highest BCUT2D eigenvalue weighted by Gasteiger charge is 2.39. The number of likely N-dealkylation sites (tertiary alicyclic amines) is 1. The van der Waals surface area contributed by atoms with E-state index in [4.69, 9.17) is 4.74 Å². The van der Waals surface area contributed by atoms with Gasteiger partial charge in [-0.05, 0) is 57.0 Å². The Bertz CT molecular complexity index is 196. The summed E-state index contributed by atoms with van der Waals surface area (Å²) in [5.41, 5.74) is 0.723. The minimum absolute atomic E-state index is 0.723. The first-order valence-electron chi connectivity index (χ1n) is 6.02. The van der Waals surface area contributed by atoms with E-state index in [2.05, 4.69) is 11.3 Å². The van der Waals surface area contributed by atoms with Gasteiger partial charge in [-0.3, -0.25) is 4.90 Å². The fourth-order valence-corrected chi connectivity index (χ4v) is 3.17. The number of hydrogen-bond acceptors (Lipinski definition) is 2. The Balaban J connectivity index is 1.55. The third kappa shape index (κ3) is 1.49. The fourth-order valence-electron chi connectivity index (χ4n) is 3.17. The van der Waals surface area contributed by atoms with Gasteiger partial charge in [0.1, 0.15) is 0 Å². The van der Waals surface area contributed by atoms with Crippen molar-refractivity contribution in [1.29, 1.82) is 0 Å². The molecule has 3 aliphatic rings. The molecular formula is C12H20NO. The highest BCUT2D eigenvalue weighted by atomic mass is 16.5. The zero-order valence-electron chi connectivity index (χ0n) is 8.87. The molecule has 1 spiro atoms. The summed E-state index contributed by atoms with van der Waals surface area (Å²) in [5, 5.41) is 0. The maximum atomic E-state index is 5.26. The largest absolute Gasteiger partial charge is 0.378 e. The first-order chi connectivity index (χ1) is 6.88. The van der Waals surface area contributed by atoms with Crippen molar-refractivity contribution in [3.63, 3.8) is 0 Å². The van der Waals surface area contributed by atoms with Crippen molar-refractivity contribution in [2.75, 3.05) is 26.3 Å². The first-order valence-corrected chi connectivity index (χ1v) is 6.02. The van der Waals surface area contributed by atoms with Gasteiger partial charge in [-0.25, -0.2) is 0 Å². The molecule has 14 heavy (non-hydrogen) atoms. The van der Waals surface area contributed by atoms with Gasteiger partial charge in [-0.1, -0.05) is 0 Å². The minimum atomic E-state index is 0.723. The maximum Gasteiger partial charge on any atom is 0.0645 e. The monoisotopic (exact) mass is 194 g/mol. The lowest BCUT2D eigenvalue weighted by molar-refractivity contribution is -0.0807. The van der Waals surface area contributed by atoms with E-state index in [0.717, 1.165) is 24.7 Å². The third-order valence-corrected chi connectivity index (χ3v) is 4.45. The zero-order chi connectivity index (χ0) is 9.43. The van der Waals surface area contributed by atoms with Crippen LogP contribution in [-0.4, -0.2) is 37.2 Å². The van der Waals surface area contributed by atoms with Crippen molar-refractivity contribution in [3.05, 3.63) is 6.42 Å². The van der Waals surface area contributed by atoms with Crippen molar-refractivity contribution in [2.24, 2.45) is 5.41 Å². The second kappa shape index (κ2) is 3.49. The van der Waals surface area contributed by atoms with Crippen LogP contribution in [0.5, 0.6) is 0 Å². The first kappa shape index (κ1) is 9.17. The van der Waals surface area contributed by atoms with E-state index in [1.165, 1.54) is 45.2 Å². The lowest BCUT2D eigenvalue weighted by Crippen LogP contribution is -2.53. The zero-order valence-corrected chi connectivity index (χ0v) is 8.87. The molecule has 0 N–H and O–H groups in total. The molecule has 0 bridgehead atoms. The number of nitrogens with zero attached hydrogens (tertiary/aromatic N) is 1. The summed E-state index contributed by atoms with van der Waals surface area (Å²) in [5.74, 6) is 0. The number of hydrogen-bond donors (Lipinski definition) is 0. The molecule has 0 aromatic carbocycles. The average Bonchev–Trinajstić information content (AvgIpc) is 2.55. The molecule has 0 aromatic heterocycles. The Kier molecular flexibility index (Phi) is 2.29. The molecule has 2 heterocycles. The van der Waals surface area contributed by atoms with Gasteiger partial charge in [0.05, 0.1) is 19.3 Å². The minimum Gasteiger partial charge on any atom is -0.378 e. The molecule has 1 radical (unpaired) electrons. The van der Waals surface area contributed by atoms with Crippen LogP contribution in [0, 0.1) is 11.8 Å². The van der Waals surface area contributed by atoms with Gasteiger partial charge < -0.3 is 4.74 Å². The van der Waals surface area contributed by atoms with Gasteiger partial charge in [0.25, 0.3) is 0 Å². The molecule has 2 aliphatic heterocycles. The van der Waals surface area contributed by atoms with E-state index in [1.807, 2.05) is 0 Å². The molecule has 1 saturated carbocycles. The maximum absolute atomic E-state index is 5.26. The summed E-state index contributed by atoms with van der Waals surface area (Å²) in [4.78, 5) is 2.65. The Hall–Kier alpha value is -0.0800. The average molecular weight is 194 g/mol. The molecule has 1 aliphatic carbocycles. The molecule has 0 atom stereocenters. The third-order valence-electron chi connectivity index (χ3n) is 4.45. The summed E-state index contributed by atoms with van der Waals surface area (Å²) in [6.45, 7) is 4.61. The SMILES string of the molecule is [CH]1CCC2(C1)CCN(C1COC1)CC2.